The Morgan fingerprint density at radius 1 is 1.12 bits per heavy atom. The number of amides is 3. The number of ether oxygens (including phenoxy) is 3. The number of methoxy groups -OCH3 is 3. The summed E-state index contributed by atoms with van der Waals surface area (Å²) >= 11 is 3.20. The number of ketones is 1. The molecule has 1 fully saturated rings. The predicted octanol–water partition coefficient (Wildman–Crippen LogP) is 1.93. The van der Waals surface area contributed by atoms with Crippen molar-refractivity contribution in [2.75, 3.05) is 78.8 Å². The molecule has 12 heteroatoms. The van der Waals surface area contributed by atoms with Crippen LogP contribution in [0.1, 0.15) is 21.8 Å². The van der Waals surface area contributed by atoms with Gasteiger partial charge < -0.3 is 30.2 Å². The second-order valence-electron chi connectivity index (χ2n) is 6.42. The first-order valence-corrected chi connectivity index (χ1v) is 10.7. The predicted molar refractivity (Wildman–Crippen MR) is 138 cm³/mol. The molecule has 1 aliphatic heterocycles. The number of aromatic nitrogens is 1. The van der Waals surface area contributed by atoms with E-state index in [1.54, 1.807) is 40.4 Å². The van der Waals surface area contributed by atoms with Gasteiger partial charge in [0.05, 0.1) is 38.2 Å². The molecule has 198 valence electrons. The molecule has 2 heterocycles. The van der Waals surface area contributed by atoms with Gasteiger partial charge in [0, 0.05) is 41.0 Å². The van der Waals surface area contributed by atoms with Crippen molar-refractivity contribution in [1.29, 1.82) is 0 Å². The molecule has 1 saturated heterocycles. The minimum absolute atomic E-state index is 0. The van der Waals surface area contributed by atoms with Crippen molar-refractivity contribution in [3.05, 3.63) is 22.9 Å². The molecule has 1 aliphatic rings. The van der Waals surface area contributed by atoms with Gasteiger partial charge in [-0.15, -0.1) is 0 Å². The van der Waals surface area contributed by atoms with Crippen LogP contribution in [0.2, 0.25) is 0 Å². The largest absolute Gasteiger partial charge is 0.383 e. The van der Waals surface area contributed by atoms with Crippen molar-refractivity contribution in [3.63, 3.8) is 0 Å². The molecule has 1 aromatic heterocycles. The van der Waals surface area contributed by atoms with E-state index in [-0.39, 0.29) is 39.1 Å². The van der Waals surface area contributed by atoms with Crippen LogP contribution in [0, 0.1) is 0 Å². The lowest BCUT2D eigenvalue weighted by atomic mass is 10.4. The highest BCUT2D eigenvalue weighted by atomic mass is 79.9. The van der Waals surface area contributed by atoms with Gasteiger partial charge in [0.25, 0.3) is 5.91 Å². The number of rotatable bonds is 11. The number of imide groups is 1. The maximum Gasteiger partial charge on any atom is 0.332 e. The molecule has 0 radical (unpaired) electrons. The molecule has 11 nitrogen and oxygen atoms in total. The highest BCUT2D eigenvalue weighted by molar-refractivity contribution is 9.10. The number of pyridine rings is 1. The average Bonchev–Trinajstić information content (AvgIpc) is 3.05. The quantitative estimate of drug-likeness (QED) is 0.240. The fourth-order valence-corrected chi connectivity index (χ4v) is 2.47. The second-order valence-corrected chi connectivity index (χ2v) is 7.23. The van der Waals surface area contributed by atoms with Crippen molar-refractivity contribution < 1.29 is 28.6 Å². The third-order valence-electron chi connectivity index (χ3n) is 3.75. The molecule has 0 spiro atoms. The maximum absolute atomic E-state index is 12.0. The average molecular weight is 553 g/mol. The molecule has 0 saturated carbocycles. The zero-order valence-electron chi connectivity index (χ0n) is 19.1. The van der Waals surface area contributed by atoms with E-state index >= 15 is 0 Å². The molecule has 0 unspecified atom stereocenters. The monoisotopic (exact) mass is 551 g/mol. The van der Waals surface area contributed by atoms with E-state index in [0.29, 0.717) is 49.7 Å². The summed E-state index contributed by atoms with van der Waals surface area (Å²) < 4.78 is 14.9. The van der Waals surface area contributed by atoms with Gasteiger partial charge >= 0.3 is 6.03 Å². The fourth-order valence-electron chi connectivity index (χ4n) is 2.24. The number of carbonyl (C=O) groups excluding carboxylic acids is 3. The summed E-state index contributed by atoms with van der Waals surface area (Å²) in [5, 5.41) is 2.91. The molecule has 3 N–H and O–H groups in total. The molecule has 3 amide bonds. The number of halogens is 1. The number of anilines is 1. The van der Waals surface area contributed by atoms with Gasteiger partial charge in [0.15, 0.2) is 0 Å². The zero-order valence-corrected chi connectivity index (χ0v) is 20.7. The zero-order chi connectivity index (χ0) is 24.4. The third kappa shape index (κ3) is 15.8. The Labute approximate surface area is 212 Å². The van der Waals surface area contributed by atoms with Gasteiger partial charge in [0.1, 0.15) is 16.9 Å². The molecule has 1 aromatic rings. The molecule has 0 bridgehead atoms. The van der Waals surface area contributed by atoms with E-state index in [1.807, 2.05) is 0 Å². The van der Waals surface area contributed by atoms with Crippen LogP contribution in [0.4, 0.5) is 10.5 Å². The molecule has 0 atom stereocenters. The number of nitrogens with zero attached hydrogens (tertiary/aromatic N) is 3. The van der Waals surface area contributed by atoms with Crippen LogP contribution in [-0.2, 0) is 23.8 Å². The highest BCUT2D eigenvalue weighted by Crippen LogP contribution is 2.21. The first-order chi connectivity index (χ1) is 15.3. The Morgan fingerprint density at radius 2 is 1.74 bits per heavy atom. The summed E-state index contributed by atoms with van der Waals surface area (Å²) in [6.07, 6.45) is 1.49. The summed E-state index contributed by atoms with van der Waals surface area (Å²) in [7, 11) is 4.82. The smallest absolute Gasteiger partial charge is 0.332 e. The topological polar surface area (TPSA) is 136 Å². The number of Topliss-reactive ketones (excluding diaryl/α,β-unsaturated/α-hetero) is 1. The highest BCUT2D eigenvalue weighted by Gasteiger charge is 2.36. The van der Waals surface area contributed by atoms with Gasteiger partial charge in [-0.05, 0) is 35.0 Å². The van der Waals surface area contributed by atoms with Gasteiger partial charge in [-0.3, -0.25) is 9.59 Å². The van der Waals surface area contributed by atoms with Crippen LogP contribution >= 0.6 is 15.9 Å². The van der Waals surface area contributed by atoms with Crippen LogP contribution in [0.25, 0.3) is 0 Å². The lowest BCUT2D eigenvalue weighted by Crippen LogP contribution is -2.34. The minimum Gasteiger partial charge on any atom is -0.383 e. The lowest BCUT2D eigenvalue weighted by Gasteiger charge is -2.16. The summed E-state index contributed by atoms with van der Waals surface area (Å²) in [5.74, 6) is -0.0914. The van der Waals surface area contributed by atoms with Gasteiger partial charge in [-0.25, -0.2) is 14.7 Å². The van der Waals surface area contributed by atoms with Crippen LogP contribution in [0.5, 0.6) is 0 Å². The van der Waals surface area contributed by atoms with E-state index in [0.717, 1.165) is 11.4 Å². The number of nitrogens with two attached hydrogens (primary N) is 1. The van der Waals surface area contributed by atoms with Crippen molar-refractivity contribution in [3.8, 4) is 0 Å². The number of hydrogen-bond acceptors (Lipinski definition) is 9. The second kappa shape index (κ2) is 22.8. The molecular formula is C22H42BrN5O6. The SMILES string of the molecule is C.C.COCCN.COCCN1CC(=O)N(c2ccc(Br)nc2)C1=O.COCCNCC(C)=O. The Balaban J connectivity index is -0.000000510. The van der Waals surface area contributed by atoms with E-state index in [4.69, 9.17) is 15.2 Å². The maximum atomic E-state index is 12.0. The minimum atomic E-state index is -0.332. The number of urea groups is 1. The standard InChI is InChI=1S/C11H12BrN3O3.C6H13NO2.C3H9NO.2CH4/c1-18-5-4-14-7-10(16)15(11(14)17)8-2-3-9(12)13-6-8;1-6(8)5-7-3-4-9-2;1-5-3-2-4;;/h2-3,6H,4-5,7H2,1H3;7H,3-5H2,1-2H3;2-4H2,1H3;2*1H4. The van der Waals surface area contributed by atoms with Gasteiger partial charge in [0.2, 0.25) is 0 Å². The number of hydrogen-bond donors (Lipinski definition) is 2. The van der Waals surface area contributed by atoms with Crippen LogP contribution in [-0.4, -0.2) is 101 Å². The van der Waals surface area contributed by atoms with Crippen molar-refractivity contribution in [2.45, 2.75) is 21.8 Å². The van der Waals surface area contributed by atoms with Crippen LogP contribution in [0.15, 0.2) is 22.9 Å². The third-order valence-corrected chi connectivity index (χ3v) is 4.22. The van der Waals surface area contributed by atoms with Gasteiger partial charge in [-0.1, -0.05) is 14.9 Å². The fraction of sp³-hybridized carbons (Fsp3) is 0.636. The van der Waals surface area contributed by atoms with E-state index in [1.165, 1.54) is 11.1 Å². The van der Waals surface area contributed by atoms with Crippen molar-refractivity contribution in [1.82, 2.24) is 15.2 Å². The van der Waals surface area contributed by atoms with E-state index in [9.17, 15) is 14.4 Å². The summed E-state index contributed by atoms with van der Waals surface area (Å²) in [5.41, 5.74) is 5.49. The molecule has 0 aliphatic carbocycles. The summed E-state index contributed by atoms with van der Waals surface area (Å²) in [6, 6.07) is 3.03. The lowest BCUT2D eigenvalue weighted by molar-refractivity contribution is -0.117. The summed E-state index contributed by atoms with van der Waals surface area (Å²) in [4.78, 5) is 40.8. The normalized spacial score (nSPS) is 12.1. The molecule has 0 aromatic carbocycles. The van der Waals surface area contributed by atoms with Crippen molar-refractivity contribution >= 4 is 39.3 Å². The molecule has 34 heavy (non-hydrogen) atoms. The van der Waals surface area contributed by atoms with E-state index < -0.39 is 0 Å². The number of nitrogens with one attached hydrogen (secondary N) is 1. The van der Waals surface area contributed by atoms with Gasteiger partial charge in [-0.2, -0.15) is 0 Å². The first-order valence-electron chi connectivity index (χ1n) is 9.92. The Bertz CT molecular complexity index is 676. The Kier molecular flexibility index (Phi) is 24.6. The first kappa shape index (κ1) is 36.6. The van der Waals surface area contributed by atoms with E-state index in [2.05, 4.69) is 31.0 Å². The number of carbonyl (C=O) groups is 3. The molecular weight excluding hydrogens is 510 g/mol. The van der Waals surface area contributed by atoms with Crippen LogP contribution < -0.4 is 16.0 Å². The van der Waals surface area contributed by atoms with Crippen molar-refractivity contribution in [2.24, 2.45) is 5.73 Å². The Hall–Kier alpha value is -1.96. The Morgan fingerprint density at radius 3 is 2.18 bits per heavy atom. The summed E-state index contributed by atoms with van der Waals surface area (Å²) in [6.45, 7) is 5.59. The van der Waals surface area contributed by atoms with Crippen LogP contribution in [0.3, 0.4) is 0 Å². The molecule has 2 rings (SSSR count).